The summed E-state index contributed by atoms with van der Waals surface area (Å²) in [5, 5.41) is 7.49. The fourth-order valence-corrected chi connectivity index (χ4v) is 3.36. The van der Waals surface area contributed by atoms with E-state index in [4.69, 9.17) is 11.6 Å². The maximum absolute atomic E-state index is 13.0. The average Bonchev–Trinajstić information content (AvgIpc) is 3.04. The molecule has 0 aliphatic heterocycles. The molecule has 0 aliphatic rings. The van der Waals surface area contributed by atoms with Crippen LogP contribution in [0.1, 0.15) is 25.6 Å². The van der Waals surface area contributed by atoms with Crippen molar-refractivity contribution in [2.24, 2.45) is 0 Å². The quantitative estimate of drug-likeness (QED) is 0.632. The molecule has 0 saturated heterocycles. The summed E-state index contributed by atoms with van der Waals surface area (Å²) in [6.45, 7) is 1.84. The van der Waals surface area contributed by atoms with Gasteiger partial charge in [0.1, 0.15) is 10.7 Å². The molecule has 1 aromatic heterocycles. The largest absolute Gasteiger partial charge is 0.322 e. The number of carbonyl (C=O) groups is 2. The Balaban J connectivity index is 1.85. The fourth-order valence-electron chi connectivity index (χ4n) is 2.32. The third-order valence-electron chi connectivity index (χ3n) is 3.59. The second kappa shape index (κ2) is 7.68. The lowest BCUT2D eigenvalue weighted by Gasteiger charge is -2.12. The summed E-state index contributed by atoms with van der Waals surface area (Å²) in [5.41, 5.74) is 1.98. The van der Waals surface area contributed by atoms with Crippen LogP contribution in [0, 0.1) is 12.7 Å². The first-order valence-electron chi connectivity index (χ1n) is 7.66. The molecular formula is C19H14ClFN2O2S. The first-order chi connectivity index (χ1) is 12.4. The summed E-state index contributed by atoms with van der Waals surface area (Å²) in [4.78, 5) is 25.4. The molecule has 0 fully saturated rings. The minimum atomic E-state index is -0.409. The summed E-state index contributed by atoms with van der Waals surface area (Å²) in [5.74, 6) is -1.18. The fraction of sp³-hybridized carbons (Fsp3) is 0.0526. The molecule has 4 nitrogen and oxygen atoms in total. The van der Waals surface area contributed by atoms with Crippen molar-refractivity contribution in [3.63, 3.8) is 0 Å². The number of aryl methyl sites for hydroxylation is 1. The number of nitrogens with one attached hydrogen (secondary N) is 2. The summed E-state index contributed by atoms with van der Waals surface area (Å²) in [7, 11) is 0. The van der Waals surface area contributed by atoms with Gasteiger partial charge < -0.3 is 10.6 Å². The van der Waals surface area contributed by atoms with Crippen molar-refractivity contribution in [1.82, 2.24) is 0 Å². The van der Waals surface area contributed by atoms with Gasteiger partial charge in [-0.3, -0.25) is 9.59 Å². The topological polar surface area (TPSA) is 58.2 Å². The van der Waals surface area contributed by atoms with Gasteiger partial charge in [-0.05, 0) is 54.8 Å². The van der Waals surface area contributed by atoms with Crippen LogP contribution in [-0.4, -0.2) is 11.8 Å². The lowest BCUT2D eigenvalue weighted by Crippen LogP contribution is -2.18. The summed E-state index contributed by atoms with van der Waals surface area (Å²) < 4.78 is 13.0. The molecule has 0 spiro atoms. The van der Waals surface area contributed by atoms with Crippen molar-refractivity contribution in [2.45, 2.75) is 6.92 Å². The molecule has 0 atom stereocenters. The molecule has 2 N–H and O–H groups in total. The molecule has 3 aromatic rings. The van der Waals surface area contributed by atoms with E-state index in [1.165, 1.54) is 35.6 Å². The molecule has 0 radical (unpaired) electrons. The van der Waals surface area contributed by atoms with E-state index in [-0.39, 0.29) is 11.7 Å². The normalized spacial score (nSPS) is 10.4. The van der Waals surface area contributed by atoms with E-state index in [0.717, 1.165) is 5.56 Å². The number of carbonyl (C=O) groups excluding carboxylic acids is 2. The van der Waals surface area contributed by atoms with E-state index in [0.29, 0.717) is 26.8 Å². The van der Waals surface area contributed by atoms with Crippen LogP contribution in [0.5, 0.6) is 0 Å². The number of anilines is 2. The van der Waals surface area contributed by atoms with Gasteiger partial charge in [0, 0.05) is 5.69 Å². The zero-order chi connectivity index (χ0) is 18.7. The Bertz CT molecular complexity index is 970. The van der Waals surface area contributed by atoms with Crippen molar-refractivity contribution >= 4 is 46.1 Å². The predicted molar refractivity (Wildman–Crippen MR) is 103 cm³/mol. The highest BCUT2D eigenvalue weighted by Crippen LogP contribution is 2.25. The Kier molecular flexibility index (Phi) is 5.35. The average molecular weight is 389 g/mol. The van der Waals surface area contributed by atoms with Crippen LogP contribution in [0.2, 0.25) is 5.02 Å². The molecule has 3 rings (SSSR count). The van der Waals surface area contributed by atoms with Gasteiger partial charge >= 0.3 is 0 Å². The lowest BCUT2D eigenvalue weighted by molar-refractivity contribution is 0.102. The summed E-state index contributed by atoms with van der Waals surface area (Å²) in [6, 6.07) is 12.2. The van der Waals surface area contributed by atoms with E-state index >= 15 is 0 Å². The van der Waals surface area contributed by atoms with Crippen molar-refractivity contribution in [2.75, 3.05) is 10.6 Å². The zero-order valence-corrected chi connectivity index (χ0v) is 15.2. The van der Waals surface area contributed by atoms with Crippen LogP contribution in [0.25, 0.3) is 0 Å². The Morgan fingerprint density at radius 2 is 1.73 bits per heavy atom. The maximum Gasteiger partial charge on any atom is 0.267 e. The number of amides is 2. The minimum absolute atomic E-state index is 0.301. The standard InChI is InChI=1S/C19H14ClFN2O2S/c1-11-2-7-16(23-19(25)17-15(20)8-9-26-17)14(10-11)18(24)22-13-5-3-12(21)4-6-13/h2-10H,1H3,(H,22,24)(H,23,25). The van der Waals surface area contributed by atoms with Gasteiger partial charge in [0.2, 0.25) is 0 Å². The molecule has 7 heteroatoms. The van der Waals surface area contributed by atoms with E-state index in [2.05, 4.69) is 10.6 Å². The zero-order valence-electron chi connectivity index (χ0n) is 13.7. The number of halogens is 2. The summed E-state index contributed by atoms with van der Waals surface area (Å²) in [6.07, 6.45) is 0. The first-order valence-corrected chi connectivity index (χ1v) is 8.92. The molecule has 2 aromatic carbocycles. The highest BCUT2D eigenvalue weighted by Gasteiger charge is 2.17. The highest BCUT2D eigenvalue weighted by molar-refractivity contribution is 7.12. The van der Waals surface area contributed by atoms with E-state index in [1.54, 1.807) is 29.6 Å². The van der Waals surface area contributed by atoms with Crippen LogP contribution in [0.3, 0.4) is 0 Å². The second-order valence-electron chi connectivity index (χ2n) is 5.56. The lowest BCUT2D eigenvalue weighted by atomic mass is 10.1. The van der Waals surface area contributed by atoms with Gasteiger partial charge in [-0.15, -0.1) is 11.3 Å². The molecule has 0 saturated carbocycles. The van der Waals surface area contributed by atoms with Crippen molar-refractivity contribution in [3.8, 4) is 0 Å². The van der Waals surface area contributed by atoms with E-state index in [9.17, 15) is 14.0 Å². The van der Waals surface area contributed by atoms with Crippen LogP contribution in [0.4, 0.5) is 15.8 Å². The Labute approximate surface area is 158 Å². The maximum atomic E-state index is 13.0. The van der Waals surface area contributed by atoms with Gasteiger partial charge in [0.15, 0.2) is 0 Å². The molecule has 0 bridgehead atoms. The van der Waals surface area contributed by atoms with E-state index in [1.807, 2.05) is 6.92 Å². The third-order valence-corrected chi connectivity index (χ3v) is 4.93. The molecule has 0 unspecified atom stereocenters. The Morgan fingerprint density at radius 1 is 1.00 bits per heavy atom. The molecule has 132 valence electrons. The summed E-state index contributed by atoms with van der Waals surface area (Å²) >= 11 is 7.21. The highest BCUT2D eigenvalue weighted by atomic mass is 35.5. The third kappa shape index (κ3) is 4.09. The monoisotopic (exact) mass is 388 g/mol. The van der Waals surface area contributed by atoms with Gasteiger partial charge in [0.25, 0.3) is 11.8 Å². The van der Waals surface area contributed by atoms with Crippen molar-refractivity contribution < 1.29 is 14.0 Å². The van der Waals surface area contributed by atoms with E-state index < -0.39 is 5.91 Å². The van der Waals surface area contributed by atoms with Crippen molar-refractivity contribution in [3.05, 3.63) is 80.8 Å². The first kappa shape index (κ1) is 18.1. The van der Waals surface area contributed by atoms with Gasteiger partial charge in [-0.25, -0.2) is 4.39 Å². The Morgan fingerprint density at radius 3 is 2.38 bits per heavy atom. The van der Waals surface area contributed by atoms with Gasteiger partial charge in [-0.2, -0.15) is 0 Å². The predicted octanol–water partition coefficient (Wildman–Crippen LogP) is 5.35. The van der Waals surface area contributed by atoms with Gasteiger partial charge in [0.05, 0.1) is 16.3 Å². The number of hydrogen-bond donors (Lipinski definition) is 2. The molecule has 2 amide bonds. The molecule has 1 heterocycles. The minimum Gasteiger partial charge on any atom is -0.322 e. The second-order valence-corrected chi connectivity index (χ2v) is 6.89. The molecular weight excluding hydrogens is 375 g/mol. The smallest absolute Gasteiger partial charge is 0.267 e. The number of rotatable bonds is 4. The van der Waals surface area contributed by atoms with Crippen LogP contribution in [-0.2, 0) is 0 Å². The Hall–Kier alpha value is -2.70. The van der Waals surface area contributed by atoms with Crippen LogP contribution < -0.4 is 10.6 Å². The number of thiophene rings is 1. The SMILES string of the molecule is Cc1ccc(NC(=O)c2sccc2Cl)c(C(=O)Nc2ccc(F)cc2)c1. The number of benzene rings is 2. The van der Waals surface area contributed by atoms with Gasteiger partial charge in [-0.1, -0.05) is 23.2 Å². The van der Waals surface area contributed by atoms with Crippen molar-refractivity contribution in [1.29, 1.82) is 0 Å². The molecule has 26 heavy (non-hydrogen) atoms. The molecule has 0 aliphatic carbocycles. The number of hydrogen-bond acceptors (Lipinski definition) is 3. The van der Waals surface area contributed by atoms with Crippen LogP contribution in [0.15, 0.2) is 53.9 Å². The van der Waals surface area contributed by atoms with Crippen LogP contribution >= 0.6 is 22.9 Å².